The number of aliphatic hydroxyl groups excluding tert-OH is 1. The third kappa shape index (κ3) is 6.68. The Hall–Kier alpha value is -1.73. The Bertz CT molecular complexity index is 409. The van der Waals surface area contributed by atoms with Crippen molar-refractivity contribution in [2.24, 2.45) is 5.73 Å². The molecule has 1 aromatic rings. The highest BCUT2D eigenvalue weighted by molar-refractivity contribution is 5.70. The van der Waals surface area contributed by atoms with Crippen LogP contribution in [0.3, 0.4) is 0 Å². The molecule has 7 heteroatoms. The molecular weight excluding hydrogens is 250 g/mol. The first kappa shape index (κ1) is 17.3. The highest BCUT2D eigenvalue weighted by Crippen LogP contribution is 2.09. The highest BCUT2D eigenvalue weighted by atomic mass is 16.6. The number of carbonyl (C=O) groups is 2. The van der Waals surface area contributed by atoms with Gasteiger partial charge in [0, 0.05) is 19.7 Å². The summed E-state index contributed by atoms with van der Waals surface area (Å²) in [5, 5.41) is 7.00. The normalized spacial score (nSPS) is 12.1. The number of imidazole rings is 1. The molecular formula is C12H21N3O4. The molecule has 1 heterocycles. The summed E-state index contributed by atoms with van der Waals surface area (Å²) in [5.41, 5.74) is 5.48. The number of aromatic nitrogens is 2. The first-order valence-electron chi connectivity index (χ1n) is 5.73. The molecule has 108 valence electrons. The molecule has 0 aliphatic rings. The van der Waals surface area contributed by atoms with Crippen LogP contribution >= 0.6 is 0 Å². The van der Waals surface area contributed by atoms with Crippen LogP contribution in [-0.4, -0.2) is 45.8 Å². The molecule has 0 saturated carbocycles. The number of nitrogens with zero attached hydrogens (tertiary/aromatic N) is 2. The molecule has 0 aromatic carbocycles. The molecule has 7 nitrogen and oxygen atoms in total. The van der Waals surface area contributed by atoms with Gasteiger partial charge in [-0.15, -0.1) is 0 Å². The highest BCUT2D eigenvalue weighted by Gasteiger charge is 2.18. The monoisotopic (exact) mass is 271 g/mol. The van der Waals surface area contributed by atoms with Crippen molar-refractivity contribution in [1.29, 1.82) is 0 Å². The Labute approximate surface area is 112 Å². The number of aldehydes is 1. The van der Waals surface area contributed by atoms with Crippen molar-refractivity contribution >= 4 is 12.4 Å². The van der Waals surface area contributed by atoms with E-state index < -0.39 is 17.7 Å². The minimum atomic E-state index is -0.600. The lowest BCUT2D eigenvalue weighted by Crippen LogP contribution is -2.26. The van der Waals surface area contributed by atoms with Crippen LogP contribution in [0, 0.1) is 0 Å². The van der Waals surface area contributed by atoms with E-state index in [0.717, 1.165) is 7.11 Å². The number of hydrogen-bond acceptors (Lipinski definition) is 6. The zero-order chi connectivity index (χ0) is 15.1. The Morgan fingerprint density at radius 2 is 2.16 bits per heavy atom. The second kappa shape index (κ2) is 7.65. The summed E-state index contributed by atoms with van der Waals surface area (Å²) in [6.45, 7) is 5.35. The number of nitrogens with two attached hydrogens (primary N) is 1. The molecule has 0 aliphatic heterocycles. The van der Waals surface area contributed by atoms with Gasteiger partial charge >= 0.3 is 6.09 Å². The first-order chi connectivity index (χ1) is 8.81. The molecule has 0 radical (unpaired) electrons. The van der Waals surface area contributed by atoms with Gasteiger partial charge in [-0.05, 0) is 20.8 Å². The lowest BCUT2D eigenvalue weighted by atomic mass is 10.2. The number of carbonyl (C=O) groups excluding carboxylic acids is 2. The number of ether oxygens (including phenoxy) is 1. The van der Waals surface area contributed by atoms with E-state index in [0.29, 0.717) is 18.4 Å². The fraction of sp³-hybridized carbons (Fsp3) is 0.583. The summed E-state index contributed by atoms with van der Waals surface area (Å²) in [7, 11) is 1.00. The topological polar surface area (TPSA) is 107 Å². The van der Waals surface area contributed by atoms with Crippen LogP contribution in [0.25, 0.3) is 0 Å². The summed E-state index contributed by atoms with van der Waals surface area (Å²) < 4.78 is 6.39. The summed E-state index contributed by atoms with van der Waals surface area (Å²) >= 11 is 0. The van der Waals surface area contributed by atoms with Crippen LogP contribution in [0.2, 0.25) is 0 Å². The van der Waals surface area contributed by atoms with Gasteiger partial charge in [-0.25, -0.2) is 14.3 Å². The predicted molar refractivity (Wildman–Crippen MR) is 69.7 cm³/mol. The van der Waals surface area contributed by atoms with Gasteiger partial charge in [0.15, 0.2) is 0 Å². The van der Waals surface area contributed by atoms with Crippen molar-refractivity contribution in [2.45, 2.75) is 38.8 Å². The molecule has 1 atom stereocenters. The zero-order valence-electron chi connectivity index (χ0n) is 11.7. The zero-order valence-corrected chi connectivity index (χ0v) is 11.7. The molecule has 3 N–H and O–H groups in total. The van der Waals surface area contributed by atoms with Gasteiger partial charge in [0.05, 0.1) is 11.7 Å². The first-order valence-corrected chi connectivity index (χ1v) is 5.73. The third-order valence-electron chi connectivity index (χ3n) is 1.86. The second-order valence-electron chi connectivity index (χ2n) is 4.76. The van der Waals surface area contributed by atoms with Gasteiger partial charge in [0.25, 0.3) is 0 Å². The van der Waals surface area contributed by atoms with Crippen molar-refractivity contribution in [3.63, 3.8) is 0 Å². The van der Waals surface area contributed by atoms with Crippen molar-refractivity contribution in [1.82, 2.24) is 9.55 Å². The fourth-order valence-electron chi connectivity index (χ4n) is 1.17. The second-order valence-corrected chi connectivity index (χ2v) is 4.76. The maximum Gasteiger partial charge on any atom is 0.419 e. The molecule has 0 fully saturated rings. The molecule has 0 amide bonds. The molecule has 0 unspecified atom stereocenters. The summed E-state index contributed by atoms with van der Waals surface area (Å²) in [6, 6.07) is -0.600. The largest absolute Gasteiger partial charge is 0.443 e. The Morgan fingerprint density at radius 3 is 2.63 bits per heavy atom. The minimum absolute atomic E-state index is 0.305. The van der Waals surface area contributed by atoms with Crippen LogP contribution in [0.1, 0.15) is 26.5 Å². The molecule has 19 heavy (non-hydrogen) atoms. The number of hydrogen-bond donors (Lipinski definition) is 2. The molecule has 0 aliphatic carbocycles. The maximum absolute atomic E-state index is 11.6. The third-order valence-corrected chi connectivity index (χ3v) is 1.86. The van der Waals surface area contributed by atoms with E-state index in [1.807, 2.05) is 0 Å². The maximum atomic E-state index is 11.6. The molecule has 0 spiro atoms. The minimum Gasteiger partial charge on any atom is -0.443 e. The fourth-order valence-corrected chi connectivity index (χ4v) is 1.17. The van der Waals surface area contributed by atoms with Crippen molar-refractivity contribution in [2.75, 3.05) is 7.11 Å². The van der Waals surface area contributed by atoms with Gasteiger partial charge in [-0.2, -0.15) is 0 Å². The van der Waals surface area contributed by atoms with Gasteiger partial charge in [0.2, 0.25) is 0 Å². The summed E-state index contributed by atoms with van der Waals surface area (Å²) in [5.74, 6) is 0. The van der Waals surface area contributed by atoms with E-state index in [4.69, 9.17) is 15.6 Å². The van der Waals surface area contributed by atoms with Crippen LogP contribution < -0.4 is 5.73 Å². The Morgan fingerprint density at radius 1 is 1.58 bits per heavy atom. The van der Waals surface area contributed by atoms with Crippen LogP contribution in [0.4, 0.5) is 4.79 Å². The SMILES string of the molecule is CC(C)(C)OC(=O)n1cnc(C[C@H](N)C=O)c1.CO. The summed E-state index contributed by atoms with van der Waals surface area (Å²) in [6.07, 6.45) is 3.31. The van der Waals surface area contributed by atoms with Crippen LogP contribution in [-0.2, 0) is 16.0 Å². The Balaban J connectivity index is 0.00000154. The van der Waals surface area contributed by atoms with E-state index in [9.17, 15) is 9.59 Å². The molecule has 1 rings (SSSR count). The van der Waals surface area contributed by atoms with E-state index in [1.54, 1.807) is 20.8 Å². The van der Waals surface area contributed by atoms with Crippen molar-refractivity contribution in [3.05, 3.63) is 18.2 Å². The molecule has 1 aromatic heterocycles. The van der Waals surface area contributed by atoms with E-state index in [2.05, 4.69) is 4.98 Å². The number of aliphatic hydroxyl groups is 1. The Kier molecular flexibility index (Phi) is 6.95. The van der Waals surface area contributed by atoms with E-state index >= 15 is 0 Å². The van der Waals surface area contributed by atoms with Crippen LogP contribution in [0.15, 0.2) is 12.5 Å². The van der Waals surface area contributed by atoms with E-state index in [-0.39, 0.29) is 0 Å². The molecule has 0 saturated heterocycles. The standard InChI is InChI=1S/C11H17N3O3.CH4O/c1-11(2,3)17-10(16)14-5-9(13-7-14)4-8(12)6-15;1-2/h5-8H,4,12H2,1-3H3;2H,1H3/t8-;/m0./s1. The van der Waals surface area contributed by atoms with E-state index in [1.165, 1.54) is 17.1 Å². The average molecular weight is 271 g/mol. The van der Waals surface area contributed by atoms with Gasteiger partial charge in [0.1, 0.15) is 18.2 Å². The molecule has 0 bridgehead atoms. The summed E-state index contributed by atoms with van der Waals surface area (Å²) in [4.78, 5) is 26.0. The van der Waals surface area contributed by atoms with Gasteiger partial charge < -0.3 is 20.4 Å². The van der Waals surface area contributed by atoms with Crippen molar-refractivity contribution in [3.8, 4) is 0 Å². The lowest BCUT2D eigenvalue weighted by molar-refractivity contribution is -0.108. The lowest BCUT2D eigenvalue weighted by Gasteiger charge is -2.19. The quantitative estimate of drug-likeness (QED) is 0.768. The van der Waals surface area contributed by atoms with Gasteiger partial charge in [-0.1, -0.05) is 0 Å². The van der Waals surface area contributed by atoms with Gasteiger partial charge in [-0.3, -0.25) is 0 Å². The predicted octanol–water partition coefficient (Wildman–Crippen LogP) is 0.343. The number of rotatable bonds is 3. The van der Waals surface area contributed by atoms with Crippen LogP contribution in [0.5, 0.6) is 0 Å². The smallest absolute Gasteiger partial charge is 0.419 e. The van der Waals surface area contributed by atoms with Crippen molar-refractivity contribution < 1.29 is 19.4 Å². The average Bonchev–Trinajstić information content (AvgIpc) is 2.78.